The Labute approximate surface area is 115 Å². The molecule has 0 bridgehead atoms. The summed E-state index contributed by atoms with van der Waals surface area (Å²) in [6, 6.07) is 7.14. The van der Waals surface area contributed by atoms with Crippen LogP contribution in [0.25, 0.3) is 0 Å². The van der Waals surface area contributed by atoms with Crippen LogP contribution in [0.2, 0.25) is 0 Å². The van der Waals surface area contributed by atoms with E-state index in [0.29, 0.717) is 13.0 Å². The van der Waals surface area contributed by atoms with E-state index in [4.69, 9.17) is 0 Å². The number of hydrogen-bond donors (Lipinski definition) is 2. The maximum absolute atomic E-state index is 12.4. The second-order valence-electron chi connectivity index (χ2n) is 5.09. The summed E-state index contributed by atoms with van der Waals surface area (Å²) in [6.07, 6.45) is -4.14. The largest absolute Gasteiger partial charge is 0.471 e. The van der Waals surface area contributed by atoms with E-state index in [-0.39, 0.29) is 5.92 Å². The second-order valence-corrected chi connectivity index (χ2v) is 5.09. The number of aryl methyl sites for hydroxylation is 1. The lowest BCUT2D eigenvalue weighted by molar-refractivity contribution is -0.174. The number of piperidine rings is 1. The summed E-state index contributed by atoms with van der Waals surface area (Å²) in [4.78, 5) is 11.1. The van der Waals surface area contributed by atoms with Crippen LogP contribution in [0.4, 0.5) is 13.2 Å². The molecule has 20 heavy (non-hydrogen) atoms. The van der Waals surface area contributed by atoms with Crippen molar-refractivity contribution in [3.8, 4) is 0 Å². The van der Waals surface area contributed by atoms with Gasteiger partial charge in [0.1, 0.15) is 0 Å². The smallest absolute Gasteiger partial charge is 0.344 e. The Morgan fingerprint density at radius 3 is 2.80 bits per heavy atom. The molecule has 2 rings (SSSR count). The van der Waals surface area contributed by atoms with Gasteiger partial charge in [-0.05, 0) is 25.5 Å². The quantitative estimate of drug-likeness (QED) is 0.874. The first-order valence-corrected chi connectivity index (χ1v) is 6.53. The summed E-state index contributed by atoms with van der Waals surface area (Å²) in [5.41, 5.74) is 2.03. The Kier molecular flexibility index (Phi) is 4.32. The lowest BCUT2D eigenvalue weighted by Crippen LogP contribution is -2.53. The molecule has 0 saturated carbocycles. The van der Waals surface area contributed by atoms with Crippen molar-refractivity contribution in [1.29, 1.82) is 0 Å². The molecule has 110 valence electrons. The van der Waals surface area contributed by atoms with Crippen molar-refractivity contribution in [2.75, 3.05) is 13.1 Å². The van der Waals surface area contributed by atoms with Crippen LogP contribution >= 0.6 is 0 Å². The summed E-state index contributed by atoms with van der Waals surface area (Å²) in [5.74, 6) is -1.97. The lowest BCUT2D eigenvalue weighted by Gasteiger charge is -2.33. The summed E-state index contributed by atoms with van der Waals surface area (Å²) in [6.45, 7) is 3.02. The monoisotopic (exact) mass is 286 g/mol. The average molecular weight is 286 g/mol. The third-order valence-electron chi connectivity index (χ3n) is 3.53. The molecule has 1 saturated heterocycles. The molecule has 1 aromatic carbocycles. The molecule has 1 fully saturated rings. The van der Waals surface area contributed by atoms with Crippen molar-refractivity contribution in [2.24, 2.45) is 0 Å². The molecule has 0 radical (unpaired) electrons. The lowest BCUT2D eigenvalue weighted by atomic mass is 9.85. The predicted molar refractivity (Wildman–Crippen MR) is 69.4 cm³/mol. The van der Waals surface area contributed by atoms with Gasteiger partial charge in [-0.25, -0.2) is 0 Å². The van der Waals surface area contributed by atoms with Crippen molar-refractivity contribution >= 4 is 5.91 Å². The normalized spacial score (nSPS) is 23.4. The Bertz CT molecular complexity index is 488. The number of nitrogens with one attached hydrogen (secondary N) is 2. The first-order valence-electron chi connectivity index (χ1n) is 6.53. The van der Waals surface area contributed by atoms with Gasteiger partial charge in [0.05, 0.1) is 0 Å². The van der Waals surface area contributed by atoms with E-state index in [0.717, 1.165) is 17.7 Å². The van der Waals surface area contributed by atoms with E-state index in [1.54, 1.807) is 0 Å². The molecule has 1 aliphatic rings. The highest BCUT2D eigenvalue weighted by Crippen LogP contribution is 2.27. The second kappa shape index (κ2) is 5.83. The third-order valence-corrected chi connectivity index (χ3v) is 3.53. The molecule has 3 nitrogen and oxygen atoms in total. The first-order chi connectivity index (χ1) is 9.38. The molecule has 6 heteroatoms. The third kappa shape index (κ3) is 3.50. The Morgan fingerprint density at radius 1 is 1.40 bits per heavy atom. The summed E-state index contributed by atoms with van der Waals surface area (Å²) >= 11 is 0. The van der Waals surface area contributed by atoms with Gasteiger partial charge in [0.15, 0.2) is 0 Å². The molecule has 0 spiro atoms. The highest BCUT2D eigenvalue weighted by Gasteiger charge is 2.41. The fourth-order valence-electron chi connectivity index (χ4n) is 2.56. The summed E-state index contributed by atoms with van der Waals surface area (Å²) in [5, 5.41) is 5.12. The molecule has 1 aliphatic heterocycles. The Hall–Kier alpha value is -1.56. The van der Waals surface area contributed by atoms with Gasteiger partial charge in [-0.3, -0.25) is 4.79 Å². The number of rotatable bonds is 2. The van der Waals surface area contributed by atoms with Crippen LogP contribution in [0, 0.1) is 6.92 Å². The molecule has 2 N–H and O–H groups in total. The van der Waals surface area contributed by atoms with Gasteiger partial charge in [-0.2, -0.15) is 13.2 Å². The number of alkyl halides is 3. The fourth-order valence-corrected chi connectivity index (χ4v) is 2.56. The average Bonchev–Trinajstić information content (AvgIpc) is 2.38. The van der Waals surface area contributed by atoms with Crippen LogP contribution in [-0.2, 0) is 4.79 Å². The molecule has 0 aromatic heterocycles. The standard InChI is InChI=1S/C14H17F3N2O/c1-9-3-2-4-10(7-9)11-5-6-18-8-12(11)19-13(20)14(15,16)17/h2-4,7,11-12,18H,5-6,8H2,1H3,(H,19,20). The van der Waals surface area contributed by atoms with Gasteiger partial charge < -0.3 is 10.6 Å². The number of carbonyl (C=O) groups excluding carboxylic acids is 1. The Balaban J connectivity index is 2.15. The van der Waals surface area contributed by atoms with Gasteiger partial charge in [-0.15, -0.1) is 0 Å². The zero-order valence-corrected chi connectivity index (χ0v) is 11.1. The molecular weight excluding hydrogens is 269 g/mol. The highest BCUT2D eigenvalue weighted by atomic mass is 19.4. The van der Waals surface area contributed by atoms with Gasteiger partial charge in [0, 0.05) is 18.5 Å². The van der Waals surface area contributed by atoms with Crippen LogP contribution in [-0.4, -0.2) is 31.2 Å². The van der Waals surface area contributed by atoms with Crippen LogP contribution in [0.3, 0.4) is 0 Å². The zero-order chi connectivity index (χ0) is 14.8. The SMILES string of the molecule is Cc1cccc(C2CCNCC2NC(=O)C(F)(F)F)c1. The van der Waals surface area contributed by atoms with Crippen molar-refractivity contribution < 1.29 is 18.0 Å². The van der Waals surface area contributed by atoms with E-state index >= 15 is 0 Å². The Morgan fingerprint density at radius 2 is 2.15 bits per heavy atom. The minimum atomic E-state index is -4.84. The minimum absolute atomic E-state index is 0.0950. The molecular formula is C14H17F3N2O. The summed E-state index contributed by atoms with van der Waals surface area (Å²) < 4.78 is 37.1. The van der Waals surface area contributed by atoms with E-state index in [1.807, 2.05) is 31.2 Å². The van der Waals surface area contributed by atoms with Crippen molar-refractivity contribution in [1.82, 2.24) is 10.6 Å². The van der Waals surface area contributed by atoms with Gasteiger partial charge in [0.2, 0.25) is 0 Å². The number of halogens is 3. The van der Waals surface area contributed by atoms with Gasteiger partial charge in [-0.1, -0.05) is 29.8 Å². The van der Waals surface area contributed by atoms with E-state index in [1.165, 1.54) is 0 Å². The van der Waals surface area contributed by atoms with Crippen LogP contribution in [0.1, 0.15) is 23.5 Å². The van der Waals surface area contributed by atoms with Gasteiger partial charge in [0.25, 0.3) is 0 Å². The maximum atomic E-state index is 12.4. The van der Waals surface area contributed by atoms with E-state index in [2.05, 4.69) is 10.6 Å². The first kappa shape index (κ1) is 14.8. The fraction of sp³-hybridized carbons (Fsp3) is 0.500. The maximum Gasteiger partial charge on any atom is 0.471 e. The molecule has 1 amide bonds. The van der Waals surface area contributed by atoms with Crippen molar-refractivity contribution in [3.05, 3.63) is 35.4 Å². The van der Waals surface area contributed by atoms with Crippen LogP contribution in [0.15, 0.2) is 24.3 Å². The summed E-state index contributed by atoms with van der Waals surface area (Å²) in [7, 11) is 0. The molecule has 2 atom stereocenters. The van der Waals surface area contributed by atoms with Crippen molar-refractivity contribution in [2.45, 2.75) is 31.5 Å². The number of benzene rings is 1. The van der Waals surface area contributed by atoms with Crippen molar-refractivity contribution in [3.63, 3.8) is 0 Å². The molecule has 1 aromatic rings. The topological polar surface area (TPSA) is 41.1 Å². The van der Waals surface area contributed by atoms with E-state index in [9.17, 15) is 18.0 Å². The minimum Gasteiger partial charge on any atom is -0.344 e. The highest BCUT2D eigenvalue weighted by molar-refractivity contribution is 5.82. The molecule has 2 unspecified atom stereocenters. The number of carbonyl (C=O) groups is 1. The zero-order valence-electron chi connectivity index (χ0n) is 11.1. The van der Waals surface area contributed by atoms with Crippen LogP contribution < -0.4 is 10.6 Å². The number of amides is 1. The van der Waals surface area contributed by atoms with Crippen LogP contribution in [0.5, 0.6) is 0 Å². The van der Waals surface area contributed by atoms with E-state index < -0.39 is 18.1 Å². The predicted octanol–water partition coefficient (Wildman–Crippen LogP) is 2.12. The molecule has 1 heterocycles. The molecule has 0 aliphatic carbocycles. The number of hydrogen-bond acceptors (Lipinski definition) is 2. The van der Waals surface area contributed by atoms with Gasteiger partial charge >= 0.3 is 12.1 Å².